The van der Waals surface area contributed by atoms with E-state index >= 15 is 0 Å². The largest absolute Gasteiger partial charge is 0.323 e. The van der Waals surface area contributed by atoms with Crippen LogP contribution in [0.15, 0.2) is 24.4 Å². The topological polar surface area (TPSA) is 63.1 Å². The first-order chi connectivity index (χ1) is 10.5. The lowest BCUT2D eigenvalue weighted by Gasteiger charge is -2.25. The molecule has 0 bridgehead atoms. The molecule has 6 nitrogen and oxygen atoms in total. The standard InChI is InChI=1S/C14H15F2N5O/c1-20-8-13(18-19-20)17-14(22)21-6-2-3-12(21)10-7-9(15)4-5-11(10)16/h4-5,7-8,12H,2-3,6H2,1H3,(H,17,22). The second-order valence-corrected chi connectivity index (χ2v) is 5.22. The van der Waals surface area contributed by atoms with Gasteiger partial charge < -0.3 is 4.90 Å². The molecule has 116 valence electrons. The van der Waals surface area contributed by atoms with Crippen LogP contribution >= 0.6 is 0 Å². The quantitative estimate of drug-likeness (QED) is 0.927. The number of hydrogen-bond acceptors (Lipinski definition) is 3. The summed E-state index contributed by atoms with van der Waals surface area (Å²) >= 11 is 0. The van der Waals surface area contributed by atoms with E-state index in [9.17, 15) is 13.6 Å². The van der Waals surface area contributed by atoms with E-state index in [-0.39, 0.29) is 5.56 Å². The van der Waals surface area contributed by atoms with E-state index in [1.807, 2.05) is 0 Å². The van der Waals surface area contributed by atoms with E-state index in [2.05, 4.69) is 15.6 Å². The molecule has 3 rings (SSSR count). The maximum absolute atomic E-state index is 13.9. The smallest absolute Gasteiger partial charge is 0.317 e. The highest BCUT2D eigenvalue weighted by Crippen LogP contribution is 2.34. The fraction of sp³-hybridized carbons (Fsp3) is 0.357. The molecule has 0 radical (unpaired) electrons. The van der Waals surface area contributed by atoms with Gasteiger partial charge in [0.15, 0.2) is 5.82 Å². The maximum atomic E-state index is 13.9. The second-order valence-electron chi connectivity index (χ2n) is 5.22. The van der Waals surface area contributed by atoms with Gasteiger partial charge in [0, 0.05) is 19.2 Å². The molecule has 2 heterocycles. The Morgan fingerprint density at radius 1 is 1.41 bits per heavy atom. The number of urea groups is 1. The van der Waals surface area contributed by atoms with Crippen molar-refractivity contribution in [2.24, 2.45) is 7.05 Å². The number of nitrogens with one attached hydrogen (secondary N) is 1. The first-order valence-corrected chi connectivity index (χ1v) is 6.93. The van der Waals surface area contributed by atoms with Crippen molar-refractivity contribution in [2.75, 3.05) is 11.9 Å². The fourth-order valence-corrected chi connectivity index (χ4v) is 2.69. The number of anilines is 1. The Morgan fingerprint density at radius 3 is 2.95 bits per heavy atom. The number of likely N-dealkylation sites (tertiary alicyclic amines) is 1. The molecule has 22 heavy (non-hydrogen) atoms. The van der Waals surface area contributed by atoms with E-state index in [0.29, 0.717) is 18.8 Å². The summed E-state index contributed by atoms with van der Waals surface area (Å²) in [5.74, 6) is -0.707. The summed E-state index contributed by atoms with van der Waals surface area (Å²) in [7, 11) is 1.68. The molecule has 1 N–H and O–H groups in total. The minimum atomic E-state index is -0.516. The third kappa shape index (κ3) is 2.76. The van der Waals surface area contributed by atoms with Crippen molar-refractivity contribution in [1.29, 1.82) is 0 Å². The summed E-state index contributed by atoms with van der Waals surface area (Å²) in [6.07, 6.45) is 2.88. The number of nitrogens with zero attached hydrogens (tertiary/aromatic N) is 4. The Hall–Kier alpha value is -2.51. The summed E-state index contributed by atoms with van der Waals surface area (Å²) < 4.78 is 28.8. The molecular weight excluding hydrogens is 292 g/mol. The van der Waals surface area contributed by atoms with E-state index in [4.69, 9.17) is 0 Å². The van der Waals surface area contributed by atoms with Crippen LogP contribution in [-0.4, -0.2) is 32.5 Å². The van der Waals surface area contributed by atoms with E-state index in [0.717, 1.165) is 24.6 Å². The summed E-state index contributed by atoms with van der Waals surface area (Å²) in [6.45, 7) is 0.479. The van der Waals surface area contributed by atoms with Gasteiger partial charge in [0.05, 0.1) is 12.2 Å². The number of aromatic nitrogens is 3. The second kappa shape index (κ2) is 5.70. The van der Waals surface area contributed by atoms with Crippen molar-refractivity contribution >= 4 is 11.8 Å². The zero-order valence-corrected chi connectivity index (χ0v) is 12.0. The number of halogens is 2. The molecule has 1 aromatic carbocycles. The van der Waals surface area contributed by atoms with Gasteiger partial charge >= 0.3 is 6.03 Å². The van der Waals surface area contributed by atoms with Gasteiger partial charge in [0.25, 0.3) is 0 Å². The van der Waals surface area contributed by atoms with Crippen LogP contribution in [0.5, 0.6) is 0 Å². The molecule has 1 saturated heterocycles. The molecule has 1 aliphatic heterocycles. The molecule has 0 aliphatic carbocycles. The summed E-state index contributed by atoms with van der Waals surface area (Å²) in [4.78, 5) is 13.8. The molecule has 2 amide bonds. The van der Waals surface area contributed by atoms with Crippen LogP contribution in [0, 0.1) is 11.6 Å². The van der Waals surface area contributed by atoms with Crippen LogP contribution in [0.3, 0.4) is 0 Å². The third-order valence-corrected chi connectivity index (χ3v) is 3.67. The van der Waals surface area contributed by atoms with Crippen LogP contribution in [0.4, 0.5) is 19.4 Å². The Labute approximate surface area is 125 Å². The maximum Gasteiger partial charge on any atom is 0.323 e. The van der Waals surface area contributed by atoms with Crippen LogP contribution in [0.25, 0.3) is 0 Å². The molecular formula is C14H15F2N5O. The van der Waals surface area contributed by atoms with E-state index in [1.54, 1.807) is 13.2 Å². The predicted molar refractivity (Wildman–Crippen MR) is 75.1 cm³/mol. The van der Waals surface area contributed by atoms with Gasteiger partial charge in [0.1, 0.15) is 11.6 Å². The van der Waals surface area contributed by atoms with E-state index < -0.39 is 23.7 Å². The minimum absolute atomic E-state index is 0.201. The first-order valence-electron chi connectivity index (χ1n) is 6.93. The molecule has 1 unspecified atom stereocenters. The third-order valence-electron chi connectivity index (χ3n) is 3.67. The monoisotopic (exact) mass is 307 g/mol. The lowest BCUT2D eigenvalue weighted by Crippen LogP contribution is -2.35. The predicted octanol–water partition coefficient (Wildman–Crippen LogP) is 2.46. The minimum Gasteiger partial charge on any atom is -0.317 e. The first kappa shape index (κ1) is 14.4. The summed E-state index contributed by atoms with van der Waals surface area (Å²) in [5, 5.41) is 10.1. The van der Waals surface area contributed by atoms with Gasteiger partial charge in [0.2, 0.25) is 0 Å². The summed E-state index contributed by atoms with van der Waals surface area (Å²) in [6, 6.07) is 2.42. The molecule has 8 heteroatoms. The normalized spacial score (nSPS) is 17.8. The van der Waals surface area contributed by atoms with Crippen molar-refractivity contribution in [2.45, 2.75) is 18.9 Å². The number of aryl methyl sites for hydroxylation is 1. The number of hydrogen-bond donors (Lipinski definition) is 1. The highest BCUT2D eigenvalue weighted by Gasteiger charge is 2.32. The van der Waals surface area contributed by atoms with Crippen molar-refractivity contribution in [1.82, 2.24) is 19.9 Å². The van der Waals surface area contributed by atoms with Crippen LogP contribution < -0.4 is 5.32 Å². The summed E-state index contributed by atoms with van der Waals surface area (Å²) in [5.41, 5.74) is 0.201. The molecule has 2 aromatic rings. The Morgan fingerprint density at radius 2 is 2.23 bits per heavy atom. The highest BCUT2D eigenvalue weighted by molar-refractivity contribution is 5.88. The van der Waals surface area contributed by atoms with Gasteiger partial charge in [-0.2, -0.15) is 0 Å². The zero-order valence-electron chi connectivity index (χ0n) is 12.0. The van der Waals surface area contributed by atoms with Gasteiger partial charge in [-0.05, 0) is 31.0 Å². The van der Waals surface area contributed by atoms with E-state index in [1.165, 1.54) is 9.58 Å². The Kier molecular flexibility index (Phi) is 3.74. The number of carbonyl (C=O) groups excluding carboxylic acids is 1. The van der Waals surface area contributed by atoms with Crippen molar-refractivity contribution in [3.05, 3.63) is 41.6 Å². The number of benzene rings is 1. The van der Waals surface area contributed by atoms with Gasteiger partial charge in [-0.15, -0.1) is 5.10 Å². The van der Waals surface area contributed by atoms with Crippen molar-refractivity contribution < 1.29 is 13.6 Å². The van der Waals surface area contributed by atoms with Crippen LogP contribution in [0.1, 0.15) is 24.4 Å². The molecule has 0 saturated carbocycles. The lowest BCUT2D eigenvalue weighted by atomic mass is 10.0. The van der Waals surface area contributed by atoms with Gasteiger partial charge in [-0.3, -0.25) is 10.00 Å². The Bertz CT molecular complexity index is 702. The number of carbonyl (C=O) groups is 1. The average Bonchev–Trinajstić information content (AvgIpc) is 3.10. The lowest BCUT2D eigenvalue weighted by molar-refractivity contribution is 0.206. The molecule has 1 fully saturated rings. The van der Waals surface area contributed by atoms with Crippen LogP contribution in [-0.2, 0) is 7.05 Å². The van der Waals surface area contributed by atoms with Crippen molar-refractivity contribution in [3.63, 3.8) is 0 Å². The molecule has 1 atom stereocenters. The molecule has 0 spiro atoms. The fourth-order valence-electron chi connectivity index (χ4n) is 2.69. The van der Waals surface area contributed by atoms with Gasteiger partial charge in [-0.1, -0.05) is 5.21 Å². The highest BCUT2D eigenvalue weighted by atomic mass is 19.1. The number of amides is 2. The molecule has 1 aromatic heterocycles. The van der Waals surface area contributed by atoms with Gasteiger partial charge in [-0.25, -0.2) is 13.6 Å². The molecule has 1 aliphatic rings. The average molecular weight is 307 g/mol. The zero-order chi connectivity index (χ0) is 15.7. The number of rotatable bonds is 2. The van der Waals surface area contributed by atoms with Crippen LogP contribution in [0.2, 0.25) is 0 Å². The Balaban J connectivity index is 1.80. The SMILES string of the molecule is Cn1cc(NC(=O)N2CCCC2c2cc(F)ccc2F)nn1. The van der Waals surface area contributed by atoms with Crippen molar-refractivity contribution in [3.8, 4) is 0 Å².